The zero-order valence-electron chi connectivity index (χ0n) is 18.2. The molecule has 12 nitrogen and oxygen atoms in total. The van der Waals surface area contributed by atoms with Crippen molar-refractivity contribution < 1.29 is 33.5 Å². The maximum Gasteiger partial charge on any atom is 0.325 e. The SMILES string of the molecule is CCN1CCN(C(=O)NC(C(=O)N[C@H]2C(=O)N[C@H]2COC(C)=O)c2ccccc2)C(=O)C1=O. The second kappa shape index (κ2) is 10.1. The summed E-state index contributed by atoms with van der Waals surface area (Å²) in [4.78, 5) is 75.4. The topological polar surface area (TPSA) is 154 Å². The van der Waals surface area contributed by atoms with Gasteiger partial charge in [0.2, 0.25) is 11.8 Å². The number of likely N-dealkylation sites (N-methyl/N-ethyl adjacent to an activating group) is 1. The van der Waals surface area contributed by atoms with Crippen molar-refractivity contribution in [1.82, 2.24) is 25.8 Å². The number of benzene rings is 1. The number of hydrogen-bond acceptors (Lipinski definition) is 7. The third-order valence-corrected chi connectivity index (χ3v) is 5.38. The third kappa shape index (κ3) is 5.27. The van der Waals surface area contributed by atoms with Crippen molar-refractivity contribution in [3.8, 4) is 0 Å². The molecule has 2 saturated heterocycles. The summed E-state index contributed by atoms with van der Waals surface area (Å²) in [6.45, 7) is 3.35. The molecule has 0 radical (unpaired) electrons. The first-order valence-electron chi connectivity index (χ1n) is 10.4. The van der Waals surface area contributed by atoms with Gasteiger partial charge in [-0.1, -0.05) is 30.3 Å². The van der Waals surface area contributed by atoms with Gasteiger partial charge in [-0.05, 0) is 12.5 Å². The Kier molecular flexibility index (Phi) is 7.26. The molecular formula is C21H25N5O7. The Labute approximate surface area is 189 Å². The van der Waals surface area contributed by atoms with Gasteiger partial charge in [0.1, 0.15) is 18.7 Å². The van der Waals surface area contributed by atoms with Gasteiger partial charge in [0.15, 0.2) is 0 Å². The van der Waals surface area contributed by atoms with Crippen molar-refractivity contribution in [1.29, 1.82) is 0 Å². The minimum absolute atomic E-state index is 0.0110. The molecule has 1 unspecified atom stereocenters. The van der Waals surface area contributed by atoms with Crippen LogP contribution in [0.1, 0.15) is 25.5 Å². The second-order valence-electron chi connectivity index (χ2n) is 7.54. The average Bonchev–Trinajstić information content (AvgIpc) is 2.80. The molecular weight excluding hydrogens is 434 g/mol. The fraction of sp³-hybridized carbons (Fsp3) is 0.429. The molecule has 2 aliphatic rings. The molecule has 2 heterocycles. The lowest BCUT2D eigenvalue weighted by Gasteiger charge is -2.37. The number of imide groups is 1. The van der Waals surface area contributed by atoms with E-state index in [-0.39, 0.29) is 19.7 Å². The summed E-state index contributed by atoms with van der Waals surface area (Å²) >= 11 is 0. The second-order valence-corrected chi connectivity index (χ2v) is 7.54. The highest BCUT2D eigenvalue weighted by Gasteiger charge is 2.43. The lowest BCUT2D eigenvalue weighted by atomic mass is 9.98. The molecule has 0 bridgehead atoms. The Hall–Kier alpha value is -3.96. The van der Waals surface area contributed by atoms with E-state index in [4.69, 9.17) is 4.74 Å². The molecule has 2 fully saturated rings. The van der Waals surface area contributed by atoms with Crippen molar-refractivity contribution in [3.63, 3.8) is 0 Å². The number of amides is 6. The monoisotopic (exact) mass is 459 g/mol. The maximum atomic E-state index is 13.0. The van der Waals surface area contributed by atoms with Crippen LogP contribution in [0.5, 0.6) is 0 Å². The fourth-order valence-electron chi connectivity index (χ4n) is 3.51. The van der Waals surface area contributed by atoms with Gasteiger partial charge in [-0.2, -0.15) is 0 Å². The van der Waals surface area contributed by atoms with Crippen molar-refractivity contribution in [3.05, 3.63) is 35.9 Å². The number of carbonyl (C=O) groups excluding carboxylic acids is 6. The van der Waals surface area contributed by atoms with Crippen molar-refractivity contribution in [2.75, 3.05) is 26.2 Å². The molecule has 6 amide bonds. The van der Waals surface area contributed by atoms with Gasteiger partial charge in [-0.3, -0.25) is 28.9 Å². The number of hydrogen-bond donors (Lipinski definition) is 3. The van der Waals surface area contributed by atoms with Crippen molar-refractivity contribution >= 4 is 35.6 Å². The molecule has 0 aromatic heterocycles. The minimum atomic E-state index is -1.24. The quantitative estimate of drug-likeness (QED) is 0.259. The van der Waals surface area contributed by atoms with Gasteiger partial charge in [0.25, 0.3) is 0 Å². The summed E-state index contributed by atoms with van der Waals surface area (Å²) in [6.07, 6.45) is 0. The molecule has 12 heteroatoms. The van der Waals surface area contributed by atoms with Crippen LogP contribution in [0, 0.1) is 0 Å². The van der Waals surface area contributed by atoms with Gasteiger partial charge >= 0.3 is 23.8 Å². The standard InChI is InChI=1S/C21H25N5O7/c1-3-25-9-10-26(20(31)19(25)30)21(32)24-15(13-7-5-4-6-8-13)17(28)23-16-14(22-18(16)29)11-33-12(2)27/h4-8,14-16H,3,9-11H2,1-2H3,(H,22,29)(H,23,28)(H,24,32)/t14-,15?,16+/m0/s1. The first-order chi connectivity index (χ1) is 15.7. The zero-order chi connectivity index (χ0) is 24.1. The summed E-state index contributed by atoms with van der Waals surface area (Å²) in [5.41, 5.74) is 0.408. The first-order valence-corrected chi connectivity index (χ1v) is 10.4. The fourth-order valence-corrected chi connectivity index (χ4v) is 3.51. The number of urea groups is 1. The van der Waals surface area contributed by atoms with E-state index >= 15 is 0 Å². The predicted molar refractivity (Wildman–Crippen MR) is 112 cm³/mol. The predicted octanol–water partition coefficient (Wildman–Crippen LogP) is -1.33. The van der Waals surface area contributed by atoms with Crippen molar-refractivity contribution in [2.45, 2.75) is 32.0 Å². The molecule has 1 aromatic rings. The number of rotatable bonds is 7. The van der Waals surface area contributed by atoms with Crippen LogP contribution in [0.2, 0.25) is 0 Å². The van der Waals surface area contributed by atoms with E-state index in [1.54, 1.807) is 37.3 Å². The van der Waals surface area contributed by atoms with Crippen LogP contribution in [0.25, 0.3) is 0 Å². The number of ether oxygens (including phenoxy) is 1. The van der Waals surface area contributed by atoms with Crippen LogP contribution in [0.15, 0.2) is 30.3 Å². The Morgan fingerprint density at radius 2 is 1.82 bits per heavy atom. The summed E-state index contributed by atoms with van der Waals surface area (Å²) in [7, 11) is 0. The van der Waals surface area contributed by atoms with Crippen LogP contribution in [-0.4, -0.2) is 83.8 Å². The summed E-state index contributed by atoms with van der Waals surface area (Å²) < 4.78 is 4.88. The summed E-state index contributed by atoms with van der Waals surface area (Å²) in [6, 6.07) is 4.53. The minimum Gasteiger partial charge on any atom is -0.464 e. The average molecular weight is 459 g/mol. The largest absolute Gasteiger partial charge is 0.464 e. The smallest absolute Gasteiger partial charge is 0.325 e. The zero-order valence-corrected chi connectivity index (χ0v) is 18.2. The number of nitrogens with one attached hydrogen (secondary N) is 3. The maximum absolute atomic E-state index is 13.0. The molecule has 33 heavy (non-hydrogen) atoms. The van der Waals surface area contributed by atoms with Gasteiger partial charge in [-0.15, -0.1) is 0 Å². The number of esters is 1. The molecule has 3 atom stereocenters. The Balaban J connectivity index is 1.73. The number of piperazine rings is 1. The van der Waals surface area contributed by atoms with Gasteiger partial charge < -0.3 is 25.6 Å². The van der Waals surface area contributed by atoms with Gasteiger partial charge in [-0.25, -0.2) is 4.79 Å². The van der Waals surface area contributed by atoms with Crippen LogP contribution in [0.3, 0.4) is 0 Å². The molecule has 0 saturated carbocycles. The van der Waals surface area contributed by atoms with Gasteiger partial charge in [0.05, 0.1) is 6.04 Å². The number of nitrogens with zero attached hydrogens (tertiary/aromatic N) is 2. The van der Waals surface area contributed by atoms with E-state index in [9.17, 15) is 28.8 Å². The Bertz CT molecular complexity index is 967. The van der Waals surface area contributed by atoms with Crippen LogP contribution in [0.4, 0.5) is 4.79 Å². The highest BCUT2D eigenvalue weighted by Crippen LogP contribution is 2.17. The van der Waals surface area contributed by atoms with Crippen molar-refractivity contribution in [2.24, 2.45) is 0 Å². The molecule has 3 rings (SSSR count). The lowest BCUT2D eigenvalue weighted by Crippen LogP contribution is -2.71. The summed E-state index contributed by atoms with van der Waals surface area (Å²) in [5.74, 6) is -3.46. The van der Waals surface area contributed by atoms with E-state index < -0.39 is 53.8 Å². The van der Waals surface area contributed by atoms with E-state index in [0.717, 1.165) is 4.90 Å². The summed E-state index contributed by atoms with van der Waals surface area (Å²) in [5, 5.41) is 7.57. The Morgan fingerprint density at radius 3 is 2.42 bits per heavy atom. The van der Waals surface area contributed by atoms with Crippen LogP contribution >= 0.6 is 0 Å². The van der Waals surface area contributed by atoms with Gasteiger partial charge in [0, 0.05) is 26.6 Å². The third-order valence-electron chi connectivity index (χ3n) is 5.38. The van der Waals surface area contributed by atoms with E-state index in [0.29, 0.717) is 12.1 Å². The molecule has 1 aromatic carbocycles. The highest BCUT2D eigenvalue weighted by molar-refractivity contribution is 6.38. The molecule has 176 valence electrons. The lowest BCUT2D eigenvalue weighted by molar-refractivity contribution is -0.153. The number of β-lactam (4-membered cyclic amide) rings is 1. The molecule has 3 N–H and O–H groups in total. The number of carbonyl (C=O) groups is 6. The van der Waals surface area contributed by atoms with E-state index in [1.807, 2.05) is 0 Å². The van der Waals surface area contributed by atoms with Crippen LogP contribution < -0.4 is 16.0 Å². The van der Waals surface area contributed by atoms with E-state index in [1.165, 1.54) is 11.8 Å². The normalized spacial score (nSPS) is 21.0. The Morgan fingerprint density at radius 1 is 1.12 bits per heavy atom. The van der Waals surface area contributed by atoms with Crippen LogP contribution in [-0.2, 0) is 28.7 Å². The van der Waals surface area contributed by atoms with E-state index in [2.05, 4.69) is 16.0 Å². The molecule has 0 spiro atoms. The first kappa shape index (κ1) is 23.7. The molecule has 2 aliphatic heterocycles. The highest BCUT2D eigenvalue weighted by atomic mass is 16.5. The molecule has 0 aliphatic carbocycles.